The minimum absolute atomic E-state index is 0.0724. The van der Waals surface area contributed by atoms with Gasteiger partial charge in [-0.3, -0.25) is 0 Å². The third kappa shape index (κ3) is 2.17. The van der Waals surface area contributed by atoms with Crippen molar-refractivity contribution >= 4 is 0 Å². The zero-order valence-electron chi connectivity index (χ0n) is 12.0. The molecule has 0 radical (unpaired) electrons. The maximum Gasteiger partial charge on any atom is 0.111 e. The highest BCUT2D eigenvalue weighted by molar-refractivity contribution is 5.17. The fourth-order valence-corrected chi connectivity index (χ4v) is 4.53. The molecule has 1 saturated heterocycles. The predicted molar refractivity (Wildman–Crippen MR) is 69.8 cm³/mol. The SMILES string of the molecule is CC1(C)CC(C)(C)CC(O)(C2(C#N)CCOC2)C1. The second-order valence-electron chi connectivity index (χ2n) is 7.89. The lowest BCUT2D eigenvalue weighted by Crippen LogP contribution is -2.56. The average molecular weight is 251 g/mol. The van der Waals surface area contributed by atoms with Crippen molar-refractivity contribution in [3.63, 3.8) is 0 Å². The molecular weight excluding hydrogens is 226 g/mol. The standard InChI is InChI=1S/C15H25NO2/c1-12(2)7-13(3,4)9-15(17,8-12)14(10-16)5-6-18-11-14/h17H,5-9,11H2,1-4H3. The molecule has 18 heavy (non-hydrogen) atoms. The van der Waals surface area contributed by atoms with E-state index < -0.39 is 11.0 Å². The first-order valence-corrected chi connectivity index (χ1v) is 6.85. The Bertz CT molecular complexity index is 356. The van der Waals surface area contributed by atoms with Gasteiger partial charge >= 0.3 is 0 Å². The number of aliphatic hydroxyl groups is 1. The van der Waals surface area contributed by atoms with Crippen molar-refractivity contribution in [1.29, 1.82) is 5.26 Å². The summed E-state index contributed by atoms with van der Waals surface area (Å²) >= 11 is 0. The number of hydrogen-bond acceptors (Lipinski definition) is 3. The Kier molecular flexibility index (Phi) is 3.04. The van der Waals surface area contributed by atoms with Gasteiger partial charge < -0.3 is 9.84 Å². The van der Waals surface area contributed by atoms with Crippen molar-refractivity contribution in [1.82, 2.24) is 0 Å². The maximum absolute atomic E-state index is 11.2. The van der Waals surface area contributed by atoms with E-state index in [9.17, 15) is 10.4 Å². The van der Waals surface area contributed by atoms with Crippen molar-refractivity contribution in [3.8, 4) is 6.07 Å². The number of hydrogen-bond donors (Lipinski definition) is 1. The minimum Gasteiger partial charge on any atom is -0.388 e. The average Bonchev–Trinajstić information content (AvgIpc) is 2.60. The van der Waals surface area contributed by atoms with Crippen LogP contribution in [0.3, 0.4) is 0 Å². The van der Waals surface area contributed by atoms with Crippen LogP contribution in [0.1, 0.15) is 53.4 Å². The molecule has 0 bridgehead atoms. The van der Waals surface area contributed by atoms with Crippen molar-refractivity contribution in [2.45, 2.75) is 59.0 Å². The van der Waals surface area contributed by atoms with Crippen LogP contribution in [-0.4, -0.2) is 23.9 Å². The molecule has 0 spiro atoms. The van der Waals surface area contributed by atoms with Crippen LogP contribution in [0, 0.1) is 27.6 Å². The smallest absolute Gasteiger partial charge is 0.111 e. The van der Waals surface area contributed by atoms with E-state index in [2.05, 4.69) is 33.8 Å². The molecule has 2 rings (SSSR count). The zero-order chi connectivity index (χ0) is 13.7. The summed E-state index contributed by atoms with van der Waals surface area (Å²) in [6.07, 6.45) is 3.14. The van der Waals surface area contributed by atoms with Gasteiger partial charge in [-0.2, -0.15) is 5.26 Å². The second-order valence-corrected chi connectivity index (χ2v) is 7.89. The van der Waals surface area contributed by atoms with Gasteiger partial charge in [0, 0.05) is 6.61 Å². The van der Waals surface area contributed by atoms with E-state index in [1.807, 2.05) is 0 Å². The molecule has 2 aliphatic rings. The van der Waals surface area contributed by atoms with E-state index in [1.165, 1.54) is 0 Å². The molecule has 1 aliphatic heterocycles. The predicted octanol–water partition coefficient (Wildman–Crippen LogP) is 2.88. The Morgan fingerprint density at radius 3 is 2.00 bits per heavy atom. The maximum atomic E-state index is 11.2. The first kappa shape index (κ1) is 13.8. The molecule has 0 amide bonds. The van der Waals surface area contributed by atoms with Gasteiger partial charge in [0.1, 0.15) is 5.41 Å². The quantitative estimate of drug-likeness (QED) is 0.779. The highest BCUT2D eigenvalue weighted by atomic mass is 16.5. The fraction of sp³-hybridized carbons (Fsp3) is 0.933. The molecule has 0 aromatic heterocycles. The molecule has 3 heteroatoms. The number of ether oxygens (including phenoxy) is 1. The summed E-state index contributed by atoms with van der Waals surface area (Å²) in [4.78, 5) is 0. The summed E-state index contributed by atoms with van der Waals surface area (Å²) in [6.45, 7) is 9.75. The molecule has 1 N–H and O–H groups in total. The highest BCUT2D eigenvalue weighted by Gasteiger charge is 2.59. The lowest BCUT2D eigenvalue weighted by molar-refractivity contribution is -0.145. The summed E-state index contributed by atoms with van der Waals surface area (Å²) in [5, 5.41) is 20.8. The van der Waals surface area contributed by atoms with Crippen molar-refractivity contribution in [3.05, 3.63) is 0 Å². The Labute approximate surface area is 110 Å². The van der Waals surface area contributed by atoms with Gasteiger partial charge in [-0.05, 0) is 36.5 Å². The van der Waals surface area contributed by atoms with E-state index >= 15 is 0 Å². The Morgan fingerprint density at radius 2 is 1.61 bits per heavy atom. The molecule has 0 aromatic rings. The molecule has 2 fully saturated rings. The summed E-state index contributed by atoms with van der Waals surface area (Å²) in [7, 11) is 0. The fourth-order valence-electron chi connectivity index (χ4n) is 4.53. The van der Waals surface area contributed by atoms with Crippen LogP contribution < -0.4 is 0 Å². The van der Waals surface area contributed by atoms with Crippen molar-refractivity contribution < 1.29 is 9.84 Å². The van der Waals surface area contributed by atoms with Crippen LogP contribution >= 0.6 is 0 Å². The largest absolute Gasteiger partial charge is 0.388 e. The van der Waals surface area contributed by atoms with Gasteiger partial charge in [-0.1, -0.05) is 27.7 Å². The van der Waals surface area contributed by atoms with Crippen LogP contribution in [0.5, 0.6) is 0 Å². The summed E-state index contributed by atoms with van der Waals surface area (Å²) in [5.41, 5.74) is -1.47. The van der Waals surface area contributed by atoms with Gasteiger partial charge in [-0.25, -0.2) is 0 Å². The van der Waals surface area contributed by atoms with Crippen LogP contribution in [0.2, 0.25) is 0 Å². The monoisotopic (exact) mass is 251 g/mol. The van der Waals surface area contributed by atoms with Crippen LogP contribution in [-0.2, 0) is 4.74 Å². The summed E-state index contributed by atoms with van der Waals surface area (Å²) in [6, 6.07) is 2.39. The zero-order valence-corrected chi connectivity index (χ0v) is 12.0. The van der Waals surface area contributed by atoms with Gasteiger partial charge in [0.2, 0.25) is 0 Å². The highest BCUT2D eigenvalue weighted by Crippen LogP contribution is 2.57. The molecule has 102 valence electrons. The van der Waals surface area contributed by atoms with Crippen molar-refractivity contribution in [2.24, 2.45) is 16.2 Å². The van der Waals surface area contributed by atoms with E-state index in [0.29, 0.717) is 32.5 Å². The van der Waals surface area contributed by atoms with Crippen LogP contribution in [0.15, 0.2) is 0 Å². The summed E-state index contributed by atoms with van der Waals surface area (Å²) < 4.78 is 5.42. The van der Waals surface area contributed by atoms with E-state index in [-0.39, 0.29) is 10.8 Å². The number of rotatable bonds is 1. The Morgan fingerprint density at radius 1 is 1.06 bits per heavy atom. The summed E-state index contributed by atoms with van der Waals surface area (Å²) in [5.74, 6) is 0. The van der Waals surface area contributed by atoms with Gasteiger partial charge in [0.05, 0.1) is 18.3 Å². The molecule has 1 heterocycles. The van der Waals surface area contributed by atoms with E-state index in [1.54, 1.807) is 0 Å². The van der Waals surface area contributed by atoms with Crippen molar-refractivity contribution in [2.75, 3.05) is 13.2 Å². The first-order chi connectivity index (χ1) is 8.14. The van der Waals surface area contributed by atoms with E-state index in [0.717, 1.165) is 6.42 Å². The number of nitriles is 1. The molecule has 1 saturated carbocycles. The van der Waals surface area contributed by atoms with Crippen LogP contribution in [0.25, 0.3) is 0 Å². The molecule has 1 aliphatic carbocycles. The van der Waals surface area contributed by atoms with Gasteiger partial charge in [0.15, 0.2) is 0 Å². The third-order valence-electron chi connectivity index (χ3n) is 4.63. The third-order valence-corrected chi connectivity index (χ3v) is 4.63. The van der Waals surface area contributed by atoms with Gasteiger partial charge in [0.25, 0.3) is 0 Å². The molecule has 1 atom stereocenters. The van der Waals surface area contributed by atoms with E-state index in [4.69, 9.17) is 4.74 Å². The van der Waals surface area contributed by atoms with Crippen LogP contribution in [0.4, 0.5) is 0 Å². The number of nitrogens with zero attached hydrogens (tertiary/aromatic N) is 1. The minimum atomic E-state index is -0.913. The lowest BCUT2D eigenvalue weighted by Gasteiger charge is -2.54. The Hall–Kier alpha value is -0.590. The molecule has 1 unspecified atom stereocenters. The first-order valence-electron chi connectivity index (χ1n) is 6.85. The Balaban J connectivity index is 2.38. The van der Waals surface area contributed by atoms with Gasteiger partial charge in [-0.15, -0.1) is 0 Å². The molecule has 0 aromatic carbocycles. The topological polar surface area (TPSA) is 53.2 Å². The molecular formula is C15H25NO2. The lowest BCUT2D eigenvalue weighted by atomic mass is 9.53. The molecule has 3 nitrogen and oxygen atoms in total. The normalized spacial score (nSPS) is 37.1. The second kappa shape index (κ2) is 3.95.